The van der Waals surface area contributed by atoms with Gasteiger partial charge in [-0.15, -0.1) is 0 Å². The zero-order valence-electron chi connectivity index (χ0n) is 15.3. The normalized spacial score (nSPS) is 14.7. The van der Waals surface area contributed by atoms with Crippen molar-refractivity contribution in [2.24, 2.45) is 0 Å². The fraction of sp³-hybridized carbons (Fsp3) is 0.368. The van der Waals surface area contributed by atoms with E-state index in [4.69, 9.17) is 4.98 Å². The lowest BCUT2D eigenvalue weighted by atomic mass is 10.2. The Labute approximate surface area is 151 Å². The molecule has 0 fully saturated rings. The Morgan fingerprint density at radius 3 is 2.50 bits per heavy atom. The number of aromatic nitrogens is 4. The van der Waals surface area contributed by atoms with Gasteiger partial charge >= 0.3 is 0 Å². The summed E-state index contributed by atoms with van der Waals surface area (Å²) in [4.78, 5) is 31.2. The van der Waals surface area contributed by atoms with Gasteiger partial charge in [-0.05, 0) is 38.5 Å². The predicted octanol–water partition coefficient (Wildman–Crippen LogP) is 2.58. The monoisotopic (exact) mass is 350 g/mol. The molecular formula is C19H22N6O. The molecule has 0 spiro atoms. The molecule has 1 aromatic carbocycles. The van der Waals surface area contributed by atoms with Gasteiger partial charge < -0.3 is 0 Å². The van der Waals surface area contributed by atoms with Crippen molar-refractivity contribution in [3.63, 3.8) is 0 Å². The van der Waals surface area contributed by atoms with E-state index in [1.807, 2.05) is 49.1 Å². The molecule has 0 saturated carbocycles. The van der Waals surface area contributed by atoms with Gasteiger partial charge in [0.25, 0.3) is 5.56 Å². The van der Waals surface area contributed by atoms with Crippen LogP contribution in [-0.4, -0.2) is 37.6 Å². The van der Waals surface area contributed by atoms with Gasteiger partial charge in [0, 0.05) is 17.9 Å². The van der Waals surface area contributed by atoms with Crippen LogP contribution in [-0.2, 0) is 6.67 Å². The van der Waals surface area contributed by atoms with Gasteiger partial charge in [0.1, 0.15) is 0 Å². The number of hydrogen-bond donors (Lipinski definition) is 0. The first kappa shape index (κ1) is 16.7. The summed E-state index contributed by atoms with van der Waals surface area (Å²) in [5.74, 6) is 1.19. The topological polar surface area (TPSA) is 67.2 Å². The molecule has 0 radical (unpaired) electrons. The van der Waals surface area contributed by atoms with Crippen molar-refractivity contribution in [2.45, 2.75) is 33.9 Å². The lowest BCUT2D eigenvalue weighted by Gasteiger charge is -2.36. The predicted molar refractivity (Wildman–Crippen MR) is 102 cm³/mol. The summed E-state index contributed by atoms with van der Waals surface area (Å²) in [6.45, 7) is 8.07. The molecule has 26 heavy (non-hydrogen) atoms. The molecule has 0 N–H and O–H groups in total. The maximum Gasteiger partial charge on any atom is 0.263 e. The molecule has 1 aliphatic heterocycles. The Balaban J connectivity index is 1.94. The molecular weight excluding hydrogens is 328 g/mol. The van der Waals surface area contributed by atoms with Crippen LogP contribution < -0.4 is 10.5 Å². The Morgan fingerprint density at radius 1 is 1.04 bits per heavy atom. The number of para-hydroxylation sites is 1. The summed E-state index contributed by atoms with van der Waals surface area (Å²) in [6, 6.07) is 9.41. The van der Waals surface area contributed by atoms with Crippen molar-refractivity contribution in [3.05, 3.63) is 52.1 Å². The van der Waals surface area contributed by atoms with Crippen molar-refractivity contribution < 1.29 is 0 Å². The van der Waals surface area contributed by atoms with Gasteiger partial charge in [0.15, 0.2) is 0 Å². The van der Waals surface area contributed by atoms with Gasteiger partial charge in [-0.2, -0.15) is 0 Å². The van der Waals surface area contributed by atoms with Crippen LogP contribution in [0.15, 0.2) is 35.1 Å². The Hall–Kier alpha value is -2.80. The van der Waals surface area contributed by atoms with E-state index in [0.29, 0.717) is 36.1 Å². The average Bonchev–Trinajstić information content (AvgIpc) is 2.61. The first-order valence-electron chi connectivity index (χ1n) is 8.88. The van der Waals surface area contributed by atoms with E-state index in [1.165, 1.54) is 0 Å². The minimum absolute atomic E-state index is 0.0271. The molecule has 0 unspecified atom stereocenters. The number of anilines is 2. The third-order valence-corrected chi connectivity index (χ3v) is 4.52. The van der Waals surface area contributed by atoms with E-state index in [1.54, 1.807) is 4.57 Å². The van der Waals surface area contributed by atoms with Crippen LogP contribution in [0.25, 0.3) is 10.9 Å². The Bertz CT molecular complexity index is 1010. The van der Waals surface area contributed by atoms with Crippen LogP contribution in [0, 0.1) is 13.8 Å². The molecule has 0 saturated heterocycles. The van der Waals surface area contributed by atoms with E-state index >= 15 is 0 Å². The minimum Gasteiger partial charge on any atom is -0.268 e. The highest BCUT2D eigenvalue weighted by Crippen LogP contribution is 2.26. The summed E-state index contributed by atoms with van der Waals surface area (Å²) < 4.78 is 1.72. The number of nitrogens with zero attached hydrogens (tertiary/aromatic N) is 6. The summed E-state index contributed by atoms with van der Waals surface area (Å²) in [5, 5.41) is 0.635. The number of benzene rings is 1. The van der Waals surface area contributed by atoms with Crippen molar-refractivity contribution in [1.82, 2.24) is 24.4 Å². The smallest absolute Gasteiger partial charge is 0.263 e. The average molecular weight is 350 g/mol. The Morgan fingerprint density at radius 2 is 1.77 bits per heavy atom. The number of rotatable bonds is 3. The fourth-order valence-corrected chi connectivity index (χ4v) is 3.44. The summed E-state index contributed by atoms with van der Waals surface area (Å²) in [7, 11) is 0. The molecule has 0 amide bonds. The second-order valence-electron chi connectivity index (χ2n) is 6.72. The van der Waals surface area contributed by atoms with Crippen LogP contribution in [0.3, 0.4) is 0 Å². The van der Waals surface area contributed by atoms with E-state index in [-0.39, 0.29) is 5.56 Å². The number of fused-ring (bicyclic) bond motifs is 2. The van der Waals surface area contributed by atoms with Crippen molar-refractivity contribution in [3.8, 4) is 0 Å². The third-order valence-electron chi connectivity index (χ3n) is 4.52. The van der Waals surface area contributed by atoms with Crippen LogP contribution in [0.2, 0.25) is 0 Å². The third kappa shape index (κ3) is 2.84. The standard InChI is InChI=1S/C19H22N6O/c1-4-9-23-11-24-17(26)15-7-5-6-8-16(15)22-19(24)25(12-23)18-20-13(2)10-14(3)21-18/h5-8,10H,4,9,11-12H2,1-3H3. The van der Waals surface area contributed by atoms with E-state index in [9.17, 15) is 4.79 Å². The van der Waals surface area contributed by atoms with E-state index < -0.39 is 0 Å². The fourth-order valence-electron chi connectivity index (χ4n) is 3.44. The summed E-state index contributed by atoms with van der Waals surface area (Å²) in [6.07, 6.45) is 1.01. The highest BCUT2D eigenvalue weighted by molar-refractivity contribution is 5.79. The molecule has 7 heteroatoms. The molecule has 0 bridgehead atoms. The van der Waals surface area contributed by atoms with E-state index in [0.717, 1.165) is 24.4 Å². The van der Waals surface area contributed by atoms with Gasteiger partial charge in [-0.1, -0.05) is 19.1 Å². The molecule has 2 aromatic heterocycles. The number of aryl methyl sites for hydroxylation is 2. The van der Waals surface area contributed by atoms with Crippen LogP contribution in [0.5, 0.6) is 0 Å². The largest absolute Gasteiger partial charge is 0.268 e. The van der Waals surface area contributed by atoms with Gasteiger partial charge in [0.05, 0.1) is 24.2 Å². The zero-order chi connectivity index (χ0) is 18.3. The van der Waals surface area contributed by atoms with Crippen molar-refractivity contribution in [1.29, 1.82) is 0 Å². The van der Waals surface area contributed by atoms with Gasteiger partial charge in [-0.3, -0.25) is 19.2 Å². The maximum atomic E-state index is 13.1. The van der Waals surface area contributed by atoms with Crippen molar-refractivity contribution in [2.75, 3.05) is 18.1 Å². The van der Waals surface area contributed by atoms with Crippen LogP contribution in [0.4, 0.5) is 11.9 Å². The highest BCUT2D eigenvalue weighted by atomic mass is 16.1. The lowest BCUT2D eigenvalue weighted by Crippen LogP contribution is -2.47. The lowest BCUT2D eigenvalue weighted by molar-refractivity contribution is 0.199. The van der Waals surface area contributed by atoms with Crippen molar-refractivity contribution >= 4 is 22.8 Å². The van der Waals surface area contributed by atoms with E-state index in [2.05, 4.69) is 21.8 Å². The molecule has 1 aliphatic rings. The second kappa shape index (κ2) is 6.49. The first-order chi connectivity index (χ1) is 12.6. The quantitative estimate of drug-likeness (QED) is 0.723. The molecule has 3 heterocycles. The minimum atomic E-state index is -0.0271. The summed E-state index contributed by atoms with van der Waals surface area (Å²) >= 11 is 0. The molecule has 4 rings (SSSR count). The van der Waals surface area contributed by atoms with Gasteiger partial charge in [-0.25, -0.2) is 15.0 Å². The molecule has 0 aliphatic carbocycles. The van der Waals surface area contributed by atoms with Gasteiger partial charge in [0.2, 0.25) is 11.9 Å². The van der Waals surface area contributed by atoms with Crippen LogP contribution in [0.1, 0.15) is 24.7 Å². The maximum absolute atomic E-state index is 13.1. The number of hydrogen-bond acceptors (Lipinski definition) is 6. The van der Waals surface area contributed by atoms with Crippen LogP contribution >= 0.6 is 0 Å². The highest BCUT2D eigenvalue weighted by Gasteiger charge is 2.28. The zero-order valence-corrected chi connectivity index (χ0v) is 15.3. The first-order valence-corrected chi connectivity index (χ1v) is 8.88. The second-order valence-corrected chi connectivity index (χ2v) is 6.72. The summed E-state index contributed by atoms with van der Waals surface area (Å²) in [5.41, 5.74) is 2.47. The Kier molecular flexibility index (Phi) is 4.16. The molecule has 3 aromatic rings. The molecule has 134 valence electrons. The molecule has 0 atom stereocenters. The molecule has 7 nitrogen and oxygen atoms in total. The SMILES string of the molecule is CCCN1CN(c2nc(C)cc(C)n2)c2nc3ccccc3c(=O)n2C1.